The largest absolute Gasteiger partial charge is 0.381 e. The molecule has 4 rings (SSSR count). The number of nitrogens with zero attached hydrogens (tertiary/aromatic N) is 3. The number of benzene rings is 1. The Bertz CT molecular complexity index is 1050. The number of fused-ring (bicyclic) bond motifs is 1. The van der Waals surface area contributed by atoms with Crippen LogP contribution in [0, 0.1) is 0 Å². The van der Waals surface area contributed by atoms with Gasteiger partial charge in [0, 0.05) is 35.9 Å². The number of aliphatic hydroxyl groups excluding tert-OH is 1. The quantitative estimate of drug-likeness (QED) is 0.469. The van der Waals surface area contributed by atoms with E-state index in [2.05, 4.69) is 25.8 Å². The predicted molar refractivity (Wildman–Crippen MR) is 109 cm³/mol. The molecule has 1 atom stereocenters. The van der Waals surface area contributed by atoms with Gasteiger partial charge in [-0.3, -0.25) is 14.7 Å². The minimum atomic E-state index is -1.30. The van der Waals surface area contributed by atoms with Gasteiger partial charge in [-0.05, 0) is 30.3 Å². The van der Waals surface area contributed by atoms with Crippen LogP contribution in [-0.2, 0) is 9.53 Å². The zero-order valence-electron chi connectivity index (χ0n) is 16.2. The third kappa shape index (κ3) is 4.56. The minimum absolute atomic E-state index is 0.169. The number of carbonyl (C=O) groups excluding carboxylic acids is 2. The third-order valence-corrected chi connectivity index (χ3v) is 4.80. The molecule has 0 aliphatic carbocycles. The van der Waals surface area contributed by atoms with Gasteiger partial charge in [-0.1, -0.05) is 0 Å². The summed E-state index contributed by atoms with van der Waals surface area (Å²) >= 11 is 0. The summed E-state index contributed by atoms with van der Waals surface area (Å²) in [7, 11) is 0. The van der Waals surface area contributed by atoms with Crippen molar-refractivity contribution in [3.05, 3.63) is 48.3 Å². The number of morpholine rings is 1. The monoisotopic (exact) mass is 410 g/mol. The standard InChI is InChI=1S/C20H22N6O4/c27-17(20(29)26-5-7-30-8-6-26)12-22-19(28)13-3-4-21-18(10-13)24-15-1-2-16-14(9-15)11-23-25-16/h1-4,9-11,17,27H,5-8,12H2,(H,21,24)(H,22,28)(H,23,25). The lowest BCUT2D eigenvalue weighted by molar-refractivity contribution is -0.143. The van der Waals surface area contributed by atoms with Crippen LogP contribution in [0.15, 0.2) is 42.7 Å². The molecule has 3 heterocycles. The Morgan fingerprint density at radius 1 is 1.23 bits per heavy atom. The normalized spacial score (nSPS) is 15.0. The number of aliphatic hydroxyl groups is 1. The van der Waals surface area contributed by atoms with Gasteiger partial charge in [0.1, 0.15) is 11.9 Å². The maximum Gasteiger partial charge on any atom is 0.253 e. The molecule has 3 aromatic rings. The zero-order valence-corrected chi connectivity index (χ0v) is 16.2. The van der Waals surface area contributed by atoms with Gasteiger partial charge < -0.3 is 25.4 Å². The summed E-state index contributed by atoms with van der Waals surface area (Å²) in [4.78, 5) is 30.4. The van der Waals surface area contributed by atoms with Crippen molar-refractivity contribution in [2.75, 3.05) is 38.2 Å². The van der Waals surface area contributed by atoms with Crippen molar-refractivity contribution in [1.29, 1.82) is 0 Å². The summed E-state index contributed by atoms with van der Waals surface area (Å²) in [6.07, 6.45) is 1.94. The third-order valence-electron chi connectivity index (χ3n) is 4.80. The van der Waals surface area contributed by atoms with Crippen LogP contribution in [0.3, 0.4) is 0 Å². The Hall–Kier alpha value is -3.50. The van der Waals surface area contributed by atoms with Crippen LogP contribution in [0.5, 0.6) is 0 Å². The molecule has 2 amide bonds. The highest BCUT2D eigenvalue weighted by Gasteiger charge is 2.24. The van der Waals surface area contributed by atoms with Crippen molar-refractivity contribution in [3.8, 4) is 0 Å². The van der Waals surface area contributed by atoms with E-state index in [1.807, 2.05) is 18.2 Å². The van der Waals surface area contributed by atoms with E-state index < -0.39 is 17.9 Å². The minimum Gasteiger partial charge on any atom is -0.381 e. The summed E-state index contributed by atoms with van der Waals surface area (Å²) in [5.74, 6) is -0.319. The number of amides is 2. The van der Waals surface area contributed by atoms with Crippen molar-refractivity contribution >= 4 is 34.2 Å². The first-order valence-electron chi connectivity index (χ1n) is 9.59. The smallest absolute Gasteiger partial charge is 0.253 e. The summed E-state index contributed by atoms with van der Waals surface area (Å²) in [5, 5.41) is 23.7. The van der Waals surface area contributed by atoms with Crippen LogP contribution in [0.2, 0.25) is 0 Å². The zero-order chi connectivity index (χ0) is 20.9. The van der Waals surface area contributed by atoms with Crippen LogP contribution in [0.25, 0.3) is 10.9 Å². The van der Waals surface area contributed by atoms with Gasteiger partial charge in [-0.15, -0.1) is 0 Å². The summed E-state index contributed by atoms with van der Waals surface area (Å²) in [6, 6.07) is 8.86. The molecule has 1 aliphatic heterocycles. The molecule has 30 heavy (non-hydrogen) atoms. The molecule has 0 radical (unpaired) electrons. The fraction of sp³-hybridized carbons (Fsp3) is 0.300. The topological polar surface area (TPSA) is 132 Å². The first-order valence-corrected chi connectivity index (χ1v) is 9.59. The van der Waals surface area contributed by atoms with Gasteiger partial charge in [0.25, 0.3) is 11.8 Å². The molecule has 1 unspecified atom stereocenters. The Kier molecular flexibility index (Phi) is 5.87. The number of hydrogen-bond acceptors (Lipinski definition) is 7. The lowest BCUT2D eigenvalue weighted by Crippen LogP contribution is -2.49. The van der Waals surface area contributed by atoms with E-state index in [4.69, 9.17) is 4.74 Å². The maximum atomic E-state index is 12.5. The Balaban J connectivity index is 1.35. The average Bonchev–Trinajstić information content (AvgIpc) is 3.25. The van der Waals surface area contributed by atoms with Crippen LogP contribution in [0.1, 0.15) is 10.4 Å². The van der Waals surface area contributed by atoms with Crippen LogP contribution in [-0.4, -0.2) is 76.0 Å². The number of hydrogen-bond donors (Lipinski definition) is 4. The molecule has 10 heteroatoms. The van der Waals surface area contributed by atoms with Gasteiger partial charge in [-0.2, -0.15) is 5.10 Å². The number of rotatable bonds is 6. The predicted octanol–water partition coefficient (Wildman–Crippen LogP) is 0.651. The highest BCUT2D eigenvalue weighted by molar-refractivity contribution is 5.95. The van der Waals surface area contributed by atoms with E-state index in [0.29, 0.717) is 37.7 Å². The molecular formula is C20H22N6O4. The van der Waals surface area contributed by atoms with Crippen molar-refractivity contribution in [2.24, 2.45) is 0 Å². The van der Waals surface area contributed by atoms with E-state index in [0.717, 1.165) is 16.6 Å². The molecule has 2 aromatic heterocycles. The molecule has 0 saturated carbocycles. The van der Waals surface area contributed by atoms with E-state index in [9.17, 15) is 14.7 Å². The van der Waals surface area contributed by atoms with E-state index >= 15 is 0 Å². The van der Waals surface area contributed by atoms with Gasteiger partial charge in [0.2, 0.25) is 0 Å². The van der Waals surface area contributed by atoms with Gasteiger partial charge in [0.15, 0.2) is 0 Å². The number of aromatic amines is 1. The first kappa shape index (κ1) is 19.8. The second kappa shape index (κ2) is 8.89. The van der Waals surface area contributed by atoms with Crippen LogP contribution >= 0.6 is 0 Å². The van der Waals surface area contributed by atoms with Gasteiger partial charge in [-0.25, -0.2) is 4.98 Å². The molecule has 10 nitrogen and oxygen atoms in total. The second-order valence-electron chi connectivity index (χ2n) is 6.89. The Morgan fingerprint density at radius 2 is 2.07 bits per heavy atom. The molecule has 0 bridgehead atoms. The second-order valence-corrected chi connectivity index (χ2v) is 6.89. The average molecular weight is 410 g/mol. The number of carbonyl (C=O) groups is 2. The molecule has 0 spiro atoms. The maximum absolute atomic E-state index is 12.5. The molecule has 156 valence electrons. The number of aromatic nitrogens is 3. The number of anilines is 2. The lowest BCUT2D eigenvalue weighted by atomic mass is 10.2. The van der Waals surface area contributed by atoms with Crippen molar-refractivity contribution in [1.82, 2.24) is 25.4 Å². The summed E-state index contributed by atoms with van der Waals surface area (Å²) < 4.78 is 5.19. The molecule has 1 aliphatic rings. The van der Waals surface area contributed by atoms with E-state index in [1.165, 1.54) is 11.1 Å². The summed E-state index contributed by atoms with van der Waals surface area (Å²) in [6.45, 7) is 1.61. The number of pyridine rings is 1. The van der Waals surface area contributed by atoms with Crippen LogP contribution in [0.4, 0.5) is 11.5 Å². The molecular weight excluding hydrogens is 388 g/mol. The van der Waals surface area contributed by atoms with E-state index in [-0.39, 0.29) is 6.54 Å². The first-order chi connectivity index (χ1) is 14.6. The van der Waals surface area contributed by atoms with Crippen molar-refractivity contribution in [3.63, 3.8) is 0 Å². The Morgan fingerprint density at radius 3 is 2.90 bits per heavy atom. The summed E-state index contributed by atoms with van der Waals surface area (Å²) in [5.41, 5.74) is 2.09. The van der Waals surface area contributed by atoms with E-state index in [1.54, 1.807) is 18.3 Å². The highest BCUT2D eigenvalue weighted by atomic mass is 16.5. The van der Waals surface area contributed by atoms with Crippen molar-refractivity contribution in [2.45, 2.75) is 6.10 Å². The van der Waals surface area contributed by atoms with Crippen LogP contribution < -0.4 is 10.6 Å². The fourth-order valence-corrected chi connectivity index (χ4v) is 3.18. The molecule has 1 fully saturated rings. The number of ether oxygens (including phenoxy) is 1. The SMILES string of the molecule is O=C(NCC(O)C(=O)N1CCOCC1)c1ccnc(Nc2ccc3[nH]ncc3c2)c1. The van der Waals surface area contributed by atoms with Gasteiger partial charge >= 0.3 is 0 Å². The lowest BCUT2D eigenvalue weighted by Gasteiger charge is -2.28. The number of H-pyrrole nitrogens is 1. The van der Waals surface area contributed by atoms with Crippen molar-refractivity contribution < 1.29 is 19.4 Å². The molecule has 1 aromatic carbocycles. The molecule has 4 N–H and O–H groups in total. The van der Waals surface area contributed by atoms with Gasteiger partial charge in [0.05, 0.1) is 31.5 Å². The molecule has 1 saturated heterocycles. The highest BCUT2D eigenvalue weighted by Crippen LogP contribution is 2.20. The number of nitrogens with one attached hydrogen (secondary N) is 3. The fourth-order valence-electron chi connectivity index (χ4n) is 3.18. The Labute approximate surface area is 172 Å².